The van der Waals surface area contributed by atoms with Crippen molar-refractivity contribution in [3.63, 3.8) is 0 Å². The van der Waals surface area contributed by atoms with Crippen molar-refractivity contribution in [1.82, 2.24) is 10.6 Å². The molecular weight excluding hydrogens is 232 g/mol. The van der Waals surface area contributed by atoms with Gasteiger partial charge in [0.1, 0.15) is 6.04 Å². The number of aliphatic carboxylic acids is 1. The van der Waals surface area contributed by atoms with E-state index in [0.29, 0.717) is 6.54 Å². The summed E-state index contributed by atoms with van der Waals surface area (Å²) in [5.74, 6) is -1.19. The highest BCUT2D eigenvalue weighted by Crippen LogP contribution is 2.31. The average molecular weight is 256 g/mol. The third-order valence-electron chi connectivity index (χ3n) is 3.67. The van der Waals surface area contributed by atoms with Gasteiger partial charge in [0.15, 0.2) is 0 Å². The molecule has 1 amide bonds. The van der Waals surface area contributed by atoms with E-state index >= 15 is 0 Å². The van der Waals surface area contributed by atoms with Gasteiger partial charge in [-0.15, -0.1) is 0 Å². The lowest BCUT2D eigenvalue weighted by molar-refractivity contribution is -0.145. The molecule has 1 aliphatic heterocycles. The number of carbonyl (C=O) groups excluding carboxylic acids is 1. The van der Waals surface area contributed by atoms with Gasteiger partial charge in [0.2, 0.25) is 5.91 Å². The smallest absolute Gasteiger partial charge is 0.326 e. The van der Waals surface area contributed by atoms with Gasteiger partial charge in [0, 0.05) is 6.54 Å². The highest BCUT2D eigenvalue weighted by atomic mass is 16.4. The first-order valence-electron chi connectivity index (χ1n) is 6.67. The maximum atomic E-state index is 12.4. The van der Waals surface area contributed by atoms with Crippen LogP contribution in [0.5, 0.6) is 0 Å². The monoisotopic (exact) mass is 256 g/mol. The summed E-state index contributed by atoms with van der Waals surface area (Å²) in [6, 6.07) is -0.799. The number of carbonyl (C=O) groups is 2. The van der Waals surface area contributed by atoms with Crippen molar-refractivity contribution in [2.45, 2.75) is 46.1 Å². The molecule has 0 aromatic heterocycles. The highest BCUT2D eigenvalue weighted by molar-refractivity contribution is 5.88. The maximum absolute atomic E-state index is 12.4. The van der Waals surface area contributed by atoms with Crippen LogP contribution in [-0.4, -0.2) is 36.1 Å². The van der Waals surface area contributed by atoms with E-state index in [-0.39, 0.29) is 11.8 Å². The summed E-state index contributed by atoms with van der Waals surface area (Å²) in [6.07, 6.45) is 2.52. The number of rotatable bonds is 6. The first-order chi connectivity index (χ1) is 8.43. The fourth-order valence-electron chi connectivity index (χ4n) is 2.55. The number of hydrogen-bond acceptors (Lipinski definition) is 3. The molecule has 2 atom stereocenters. The Morgan fingerprint density at radius 3 is 2.50 bits per heavy atom. The Labute approximate surface area is 108 Å². The van der Waals surface area contributed by atoms with Crippen LogP contribution < -0.4 is 10.6 Å². The first kappa shape index (κ1) is 15.0. The van der Waals surface area contributed by atoms with E-state index in [1.54, 1.807) is 13.8 Å². The second-order valence-corrected chi connectivity index (χ2v) is 5.49. The lowest BCUT2D eigenvalue weighted by Gasteiger charge is -2.29. The van der Waals surface area contributed by atoms with Crippen LogP contribution in [-0.2, 0) is 9.59 Å². The van der Waals surface area contributed by atoms with Crippen molar-refractivity contribution >= 4 is 11.9 Å². The molecule has 2 unspecified atom stereocenters. The number of amides is 1. The van der Waals surface area contributed by atoms with Crippen LogP contribution >= 0.6 is 0 Å². The SMILES string of the molecule is CCCC1(C(=O)NC(C(=O)O)C(C)C)CCNC1. The summed E-state index contributed by atoms with van der Waals surface area (Å²) >= 11 is 0. The molecule has 104 valence electrons. The van der Waals surface area contributed by atoms with Crippen molar-refractivity contribution in [2.24, 2.45) is 11.3 Å². The predicted molar refractivity (Wildman–Crippen MR) is 69.2 cm³/mol. The molecular formula is C13H24N2O3. The molecule has 0 bridgehead atoms. The van der Waals surface area contributed by atoms with Crippen LogP contribution in [0, 0.1) is 11.3 Å². The van der Waals surface area contributed by atoms with E-state index in [9.17, 15) is 9.59 Å². The molecule has 3 N–H and O–H groups in total. The quantitative estimate of drug-likeness (QED) is 0.662. The Bertz CT molecular complexity index is 309. The molecule has 0 aromatic rings. The van der Waals surface area contributed by atoms with E-state index in [0.717, 1.165) is 25.8 Å². The van der Waals surface area contributed by atoms with Gasteiger partial charge >= 0.3 is 5.97 Å². The molecule has 1 fully saturated rings. The van der Waals surface area contributed by atoms with Gasteiger partial charge in [0.25, 0.3) is 0 Å². The van der Waals surface area contributed by atoms with E-state index in [4.69, 9.17) is 5.11 Å². The topological polar surface area (TPSA) is 78.4 Å². The fraction of sp³-hybridized carbons (Fsp3) is 0.846. The fourth-order valence-corrected chi connectivity index (χ4v) is 2.55. The molecule has 1 saturated heterocycles. The molecule has 0 aliphatic carbocycles. The van der Waals surface area contributed by atoms with Gasteiger partial charge < -0.3 is 15.7 Å². The van der Waals surface area contributed by atoms with Crippen molar-refractivity contribution in [2.75, 3.05) is 13.1 Å². The van der Waals surface area contributed by atoms with Gasteiger partial charge in [-0.25, -0.2) is 4.79 Å². The normalized spacial score (nSPS) is 25.1. The van der Waals surface area contributed by atoms with Crippen molar-refractivity contribution in [1.29, 1.82) is 0 Å². The van der Waals surface area contributed by atoms with Crippen LogP contribution in [0.15, 0.2) is 0 Å². The number of nitrogens with one attached hydrogen (secondary N) is 2. The van der Waals surface area contributed by atoms with Gasteiger partial charge in [-0.05, 0) is 25.3 Å². The van der Waals surface area contributed by atoms with Gasteiger partial charge in [0.05, 0.1) is 5.41 Å². The molecule has 1 rings (SSSR count). The minimum Gasteiger partial charge on any atom is -0.480 e. The van der Waals surface area contributed by atoms with E-state index in [1.165, 1.54) is 0 Å². The van der Waals surface area contributed by atoms with Gasteiger partial charge in [-0.3, -0.25) is 4.79 Å². The molecule has 0 radical (unpaired) electrons. The molecule has 5 heteroatoms. The van der Waals surface area contributed by atoms with E-state index < -0.39 is 17.4 Å². The van der Waals surface area contributed by atoms with Gasteiger partial charge in [-0.2, -0.15) is 0 Å². The lowest BCUT2D eigenvalue weighted by Crippen LogP contribution is -2.51. The first-order valence-corrected chi connectivity index (χ1v) is 6.67. The molecule has 18 heavy (non-hydrogen) atoms. The summed E-state index contributed by atoms with van der Waals surface area (Å²) in [5, 5.41) is 15.0. The number of carboxylic acids is 1. The molecule has 5 nitrogen and oxygen atoms in total. The molecule has 1 aliphatic rings. The van der Waals surface area contributed by atoms with Crippen molar-refractivity contribution in [3.05, 3.63) is 0 Å². The second-order valence-electron chi connectivity index (χ2n) is 5.49. The Morgan fingerprint density at radius 1 is 1.44 bits per heavy atom. The Balaban J connectivity index is 2.75. The Kier molecular flexibility index (Phi) is 5.14. The molecule has 0 spiro atoms. The average Bonchev–Trinajstić information content (AvgIpc) is 2.75. The molecule has 1 heterocycles. The van der Waals surface area contributed by atoms with Crippen LogP contribution in [0.4, 0.5) is 0 Å². The largest absolute Gasteiger partial charge is 0.480 e. The summed E-state index contributed by atoms with van der Waals surface area (Å²) in [6.45, 7) is 7.13. The minimum absolute atomic E-state index is 0.112. The third kappa shape index (κ3) is 3.22. The standard InChI is InChI=1S/C13H24N2O3/c1-4-5-13(6-7-14-8-13)12(18)15-10(9(2)3)11(16)17/h9-10,14H,4-8H2,1-3H3,(H,15,18)(H,16,17). The van der Waals surface area contributed by atoms with Crippen LogP contribution in [0.25, 0.3) is 0 Å². The molecule has 0 saturated carbocycles. The van der Waals surface area contributed by atoms with Crippen LogP contribution in [0.2, 0.25) is 0 Å². The van der Waals surface area contributed by atoms with Crippen LogP contribution in [0.1, 0.15) is 40.0 Å². The molecule has 0 aromatic carbocycles. The van der Waals surface area contributed by atoms with Crippen molar-refractivity contribution < 1.29 is 14.7 Å². The number of hydrogen-bond donors (Lipinski definition) is 3. The summed E-state index contributed by atoms with van der Waals surface area (Å²) < 4.78 is 0. The van der Waals surface area contributed by atoms with E-state index in [2.05, 4.69) is 10.6 Å². The van der Waals surface area contributed by atoms with Crippen LogP contribution in [0.3, 0.4) is 0 Å². The minimum atomic E-state index is -0.962. The zero-order chi connectivity index (χ0) is 13.8. The van der Waals surface area contributed by atoms with Crippen molar-refractivity contribution in [3.8, 4) is 0 Å². The predicted octanol–water partition coefficient (Wildman–Crippen LogP) is 0.992. The maximum Gasteiger partial charge on any atom is 0.326 e. The number of carboxylic acid groups (broad SMARTS) is 1. The Morgan fingerprint density at radius 2 is 2.11 bits per heavy atom. The lowest BCUT2D eigenvalue weighted by atomic mass is 9.81. The summed E-state index contributed by atoms with van der Waals surface area (Å²) in [5.41, 5.74) is -0.419. The second kappa shape index (κ2) is 6.18. The summed E-state index contributed by atoms with van der Waals surface area (Å²) in [7, 11) is 0. The zero-order valence-corrected chi connectivity index (χ0v) is 11.5. The van der Waals surface area contributed by atoms with E-state index in [1.807, 2.05) is 6.92 Å². The summed E-state index contributed by atoms with van der Waals surface area (Å²) in [4.78, 5) is 23.5. The zero-order valence-electron chi connectivity index (χ0n) is 11.5. The highest BCUT2D eigenvalue weighted by Gasteiger charge is 2.41. The van der Waals surface area contributed by atoms with Gasteiger partial charge in [-0.1, -0.05) is 27.2 Å². The third-order valence-corrected chi connectivity index (χ3v) is 3.67. The Hall–Kier alpha value is -1.10.